The molecule has 0 aromatic heterocycles. The van der Waals surface area contributed by atoms with Crippen molar-refractivity contribution in [1.82, 2.24) is 4.31 Å². The van der Waals surface area contributed by atoms with E-state index in [1.807, 2.05) is 0 Å². The summed E-state index contributed by atoms with van der Waals surface area (Å²) in [5.74, 6) is 0. The van der Waals surface area contributed by atoms with Gasteiger partial charge in [0.15, 0.2) is 0 Å². The number of hydrogen-bond acceptors (Lipinski definition) is 7. The van der Waals surface area contributed by atoms with Crippen LogP contribution < -0.4 is 5.73 Å². The minimum absolute atomic E-state index is 0.142. The van der Waals surface area contributed by atoms with Crippen molar-refractivity contribution in [2.75, 3.05) is 32.0 Å². The van der Waals surface area contributed by atoms with E-state index >= 15 is 0 Å². The fraction of sp³-hybridized carbons (Fsp3) is 0.400. The maximum atomic E-state index is 12.3. The molecule has 0 aliphatic rings. The molecule has 10 heteroatoms. The first-order chi connectivity index (χ1) is 9.34. The van der Waals surface area contributed by atoms with Crippen molar-refractivity contribution < 1.29 is 23.6 Å². The van der Waals surface area contributed by atoms with E-state index < -0.39 is 38.7 Å². The summed E-state index contributed by atoms with van der Waals surface area (Å²) in [6, 6.07) is 3.07. The Morgan fingerprint density at radius 1 is 1.25 bits per heavy atom. The van der Waals surface area contributed by atoms with Gasteiger partial charge in [-0.15, -0.1) is 0 Å². The zero-order chi connectivity index (χ0) is 15.3. The molecule has 0 radical (unpaired) electrons. The van der Waals surface area contributed by atoms with Gasteiger partial charge in [-0.1, -0.05) is 0 Å². The number of rotatable bonds is 7. The van der Waals surface area contributed by atoms with Crippen LogP contribution in [-0.4, -0.2) is 54.2 Å². The monoisotopic (exact) mass is 305 g/mol. The molecule has 0 atom stereocenters. The van der Waals surface area contributed by atoms with Crippen molar-refractivity contribution in [3.8, 4) is 0 Å². The molecule has 1 rings (SSSR count). The van der Waals surface area contributed by atoms with Crippen LogP contribution in [0.3, 0.4) is 0 Å². The highest BCUT2D eigenvalue weighted by atomic mass is 32.2. The van der Waals surface area contributed by atoms with Crippen molar-refractivity contribution in [3.63, 3.8) is 0 Å². The number of nitro groups is 1. The molecule has 0 aliphatic heterocycles. The van der Waals surface area contributed by atoms with Gasteiger partial charge in [0.2, 0.25) is 10.0 Å². The van der Waals surface area contributed by atoms with E-state index in [9.17, 15) is 18.5 Å². The molecule has 9 nitrogen and oxygen atoms in total. The van der Waals surface area contributed by atoms with Crippen LogP contribution in [0.15, 0.2) is 23.1 Å². The summed E-state index contributed by atoms with van der Waals surface area (Å²) < 4.78 is 25.4. The molecule has 112 valence electrons. The van der Waals surface area contributed by atoms with Gasteiger partial charge in [-0.25, -0.2) is 8.42 Å². The standard InChI is InChI=1S/C10H15N3O6S/c11-9-2-1-8(13(16)17)7-10(9)20(18,19)12(3-5-14)4-6-15/h1-2,7,14-15H,3-6,11H2. The summed E-state index contributed by atoms with van der Waals surface area (Å²) in [7, 11) is -4.13. The molecule has 0 bridgehead atoms. The Hall–Kier alpha value is -1.75. The lowest BCUT2D eigenvalue weighted by molar-refractivity contribution is -0.385. The third-order valence-electron chi connectivity index (χ3n) is 2.52. The van der Waals surface area contributed by atoms with E-state index in [0.29, 0.717) is 0 Å². The van der Waals surface area contributed by atoms with Crippen molar-refractivity contribution in [3.05, 3.63) is 28.3 Å². The predicted molar refractivity (Wildman–Crippen MR) is 70.4 cm³/mol. The van der Waals surface area contributed by atoms with E-state index in [0.717, 1.165) is 22.5 Å². The molecule has 0 saturated heterocycles. The number of nitrogen functional groups attached to an aromatic ring is 1. The Morgan fingerprint density at radius 3 is 2.25 bits per heavy atom. The van der Waals surface area contributed by atoms with E-state index in [1.54, 1.807) is 0 Å². The van der Waals surface area contributed by atoms with Crippen LogP contribution in [-0.2, 0) is 10.0 Å². The molecule has 20 heavy (non-hydrogen) atoms. The summed E-state index contributed by atoms with van der Waals surface area (Å²) in [5.41, 5.74) is 5.00. The zero-order valence-corrected chi connectivity index (χ0v) is 11.3. The molecular weight excluding hydrogens is 290 g/mol. The number of benzene rings is 1. The Balaban J connectivity index is 3.32. The van der Waals surface area contributed by atoms with Gasteiger partial charge < -0.3 is 15.9 Å². The number of hydrogen-bond donors (Lipinski definition) is 3. The Labute approximate surface area is 115 Å². The van der Waals surface area contributed by atoms with Gasteiger partial charge in [0, 0.05) is 25.2 Å². The van der Waals surface area contributed by atoms with Crippen molar-refractivity contribution in [1.29, 1.82) is 0 Å². The average Bonchev–Trinajstić information content (AvgIpc) is 2.38. The summed E-state index contributed by atoms with van der Waals surface area (Å²) in [5, 5.41) is 28.4. The van der Waals surface area contributed by atoms with Crippen molar-refractivity contribution in [2.24, 2.45) is 0 Å². The SMILES string of the molecule is Nc1ccc([N+](=O)[O-])cc1S(=O)(=O)N(CCO)CCO. The summed E-state index contributed by atoms with van der Waals surface area (Å²) in [4.78, 5) is 9.53. The van der Waals surface area contributed by atoms with Crippen LogP contribution in [0.2, 0.25) is 0 Å². The lowest BCUT2D eigenvalue weighted by atomic mass is 10.3. The third kappa shape index (κ3) is 3.42. The molecule has 0 heterocycles. The second-order valence-electron chi connectivity index (χ2n) is 3.83. The Morgan fingerprint density at radius 2 is 1.80 bits per heavy atom. The van der Waals surface area contributed by atoms with Gasteiger partial charge in [0.05, 0.1) is 23.8 Å². The minimum atomic E-state index is -4.13. The number of anilines is 1. The van der Waals surface area contributed by atoms with Gasteiger partial charge in [-0.2, -0.15) is 4.31 Å². The molecule has 0 saturated carbocycles. The largest absolute Gasteiger partial charge is 0.398 e. The fourth-order valence-electron chi connectivity index (χ4n) is 1.57. The number of sulfonamides is 1. The highest BCUT2D eigenvalue weighted by molar-refractivity contribution is 7.89. The first-order valence-corrected chi connectivity index (χ1v) is 7.04. The first-order valence-electron chi connectivity index (χ1n) is 5.60. The van der Waals surface area contributed by atoms with E-state index in [2.05, 4.69) is 0 Å². The molecule has 0 aliphatic carbocycles. The maximum Gasteiger partial charge on any atom is 0.270 e. The maximum absolute atomic E-state index is 12.3. The predicted octanol–water partition coefficient (Wildman–Crippen LogP) is -0.848. The second kappa shape index (κ2) is 6.61. The molecule has 0 spiro atoms. The van der Waals surface area contributed by atoms with E-state index in [-0.39, 0.29) is 18.8 Å². The van der Waals surface area contributed by atoms with Crippen LogP contribution in [0, 0.1) is 10.1 Å². The van der Waals surface area contributed by atoms with E-state index in [4.69, 9.17) is 15.9 Å². The van der Waals surface area contributed by atoms with Crippen LogP contribution >= 0.6 is 0 Å². The van der Waals surface area contributed by atoms with Gasteiger partial charge in [0.25, 0.3) is 5.69 Å². The number of aliphatic hydroxyl groups excluding tert-OH is 2. The van der Waals surface area contributed by atoms with Gasteiger partial charge in [-0.05, 0) is 6.07 Å². The minimum Gasteiger partial charge on any atom is -0.398 e. The Kier molecular flexibility index (Phi) is 5.39. The number of non-ortho nitro benzene ring substituents is 1. The van der Waals surface area contributed by atoms with Gasteiger partial charge in [-0.3, -0.25) is 10.1 Å². The molecule has 4 N–H and O–H groups in total. The Bertz CT molecular complexity index is 583. The molecule has 1 aromatic carbocycles. The highest BCUT2D eigenvalue weighted by Crippen LogP contribution is 2.26. The molecule has 0 amide bonds. The molecule has 0 fully saturated rings. The normalized spacial score (nSPS) is 11.8. The topological polar surface area (TPSA) is 147 Å². The third-order valence-corrected chi connectivity index (χ3v) is 4.48. The quantitative estimate of drug-likeness (QED) is 0.338. The number of nitro benzene ring substituents is 1. The number of nitrogens with zero attached hydrogens (tertiary/aromatic N) is 2. The highest BCUT2D eigenvalue weighted by Gasteiger charge is 2.27. The zero-order valence-electron chi connectivity index (χ0n) is 10.5. The molecule has 0 unspecified atom stereocenters. The van der Waals surface area contributed by atoms with Gasteiger partial charge >= 0.3 is 0 Å². The summed E-state index contributed by atoms with van der Waals surface area (Å²) >= 11 is 0. The van der Waals surface area contributed by atoms with Crippen molar-refractivity contribution in [2.45, 2.75) is 4.90 Å². The summed E-state index contributed by atoms with van der Waals surface area (Å²) in [6.45, 7) is -1.39. The van der Waals surface area contributed by atoms with Gasteiger partial charge in [0.1, 0.15) is 4.90 Å². The van der Waals surface area contributed by atoms with Crippen molar-refractivity contribution >= 4 is 21.4 Å². The fourth-order valence-corrected chi connectivity index (χ4v) is 3.13. The summed E-state index contributed by atoms with van der Waals surface area (Å²) in [6.07, 6.45) is 0. The number of nitrogens with two attached hydrogens (primary N) is 1. The molecule has 1 aromatic rings. The second-order valence-corrected chi connectivity index (χ2v) is 5.74. The van der Waals surface area contributed by atoms with Crippen LogP contribution in [0.25, 0.3) is 0 Å². The van der Waals surface area contributed by atoms with Crippen LogP contribution in [0.1, 0.15) is 0 Å². The number of aliphatic hydroxyl groups is 2. The molecular formula is C10H15N3O6S. The van der Waals surface area contributed by atoms with Crippen LogP contribution in [0.5, 0.6) is 0 Å². The average molecular weight is 305 g/mol. The van der Waals surface area contributed by atoms with E-state index in [1.165, 1.54) is 0 Å². The lowest BCUT2D eigenvalue weighted by Gasteiger charge is -2.20. The van der Waals surface area contributed by atoms with Crippen LogP contribution in [0.4, 0.5) is 11.4 Å². The smallest absolute Gasteiger partial charge is 0.270 e. The first kappa shape index (κ1) is 16.3. The lowest BCUT2D eigenvalue weighted by Crippen LogP contribution is -2.36.